The number of esters is 1. The fourth-order valence-electron chi connectivity index (χ4n) is 1.77. The smallest absolute Gasteiger partial charge is 0.343 e. The van der Waals surface area contributed by atoms with Crippen molar-refractivity contribution < 1.29 is 19.0 Å². The lowest BCUT2D eigenvalue weighted by atomic mass is 10.2. The van der Waals surface area contributed by atoms with Gasteiger partial charge in [-0.25, -0.2) is 4.79 Å². The van der Waals surface area contributed by atoms with Crippen molar-refractivity contribution in [2.45, 2.75) is 6.92 Å². The summed E-state index contributed by atoms with van der Waals surface area (Å²) in [6, 6.07) is 9.90. The van der Waals surface area contributed by atoms with Crippen molar-refractivity contribution in [3.05, 3.63) is 52.5 Å². The molecular formula is C16H15ClO4. The van der Waals surface area contributed by atoms with Gasteiger partial charge in [-0.05, 0) is 42.8 Å². The van der Waals surface area contributed by atoms with E-state index in [1.54, 1.807) is 36.4 Å². The molecule has 2 aromatic carbocycles. The molecule has 0 fully saturated rings. The molecule has 0 amide bonds. The van der Waals surface area contributed by atoms with Crippen LogP contribution in [-0.2, 0) is 0 Å². The molecule has 0 unspecified atom stereocenters. The molecule has 5 heteroatoms. The Balaban J connectivity index is 2.25. The second-order valence-electron chi connectivity index (χ2n) is 4.40. The maximum Gasteiger partial charge on any atom is 0.343 e. The lowest BCUT2D eigenvalue weighted by Gasteiger charge is -2.09. The molecule has 0 aliphatic heterocycles. The number of halogens is 1. The highest BCUT2D eigenvalue weighted by atomic mass is 35.5. The standard InChI is InChI=1S/C16H15ClO4/c1-10-6-12(4-5-15(10)17)21-16(18)11-7-13(19-2)9-14(8-11)20-3/h4-9H,1-3H3. The van der Waals surface area contributed by atoms with E-state index in [0.29, 0.717) is 27.8 Å². The molecule has 2 rings (SSSR count). The predicted molar refractivity (Wildman–Crippen MR) is 80.7 cm³/mol. The second kappa shape index (κ2) is 6.50. The average Bonchev–Trinajstić information content (AvgIpc) is 2.50. The highest BCUT2D eigenvalue weighted by Crippen LogP contribution is 2.25. The first kappa shape index (κ1) is 15.2. The lowest BCUT2D eigenvalue weighted by Crippen LogP contribution is -2.09. The van der Waals surface area contributed by atoms with Gasteiger partial charge in [0.15, 0.2) is 0 Å². The summed E-state index contributed by atoms with van der Waals surface area (Å²) in [6.45, 7) is 1.84. The summed E-state index contributed by atoms with van der Waals surface area (Å²) in [5.41, 5.74) is 1.18. The largest absolute Gasteiger partial charge is 0.497 e. The van der Waals surface area contributed by atoms with E-state index in [9.17, 15) is 4.79 Å². The third-order valence-electron chi connectivity index (χ3n) is 2.93. The summed E-state index contributed by atoms with van der Waals surface area (Å²) in [6.07, 6.45) is 0. The molecule has 0 atom stereocenters. The molecule has 0 aliphatic rings. The van der Waals surface area contributed by atoms with Gasteiger partial charge in [0, 0.05) is 11.1 Å². The molecular weight excluding hydrogens is 292 g/mol. The Hall–Kier alpha value is -2.20. The normalized spacial score (nSPS) is 10.1. The average molecular weight is 307 g/mol. The Kier molecular flexibility index (Phi) is 4.70. The highest BCUT2D eigenvalue weighted by Gasteiger charge is 2.12. The van der Waals surface area contributed by atoms with Crippen molar-refractivity contribution in [3.63, 3.8) is 0 Å². The summed E-state index contributed by atoms with van der Waals surface area (Å²) in [5.74, 6) is 0.986. The number of aryl methyl sites for hydroxylation is 1. The van der Waals surface area contributed by atoms with E-state index >= 15 is 0 Å². The van der Waals surface area contributed by atoms with Gasteiger partial charge in [-0.3, -0.25) is 0 Å². The van der Waals surface area contributed by atoms with Crippen molar-refractivity contribution in [3.8, 4) is 17.2 Å². The predicted octanol–water partition coefficient (Wildman–Crippen LogP) is 3.88. The van der Waals surface area contributed by atoms with E-state index in [2.05, 4.69) is 0 Å². The van der Waals surface area contributed by atoms with Gasteiger partial charge in [0.25, 0.3) is 0 Å². The SMILES string of the molecule is COc1cc(OC)cc(C(=O)Oc2ccc(Cl)c(C)c2)c1. The van der Waals surface area contributed by atoms with E-state index < -0.39 is 5.97 Å². The van der Waals surface area contributed by atoms with Crippen LogP contribution >= 0.6 is 11.6 Å². The van der Waals surface area contributed by atoms with E-state index in [1.165, 1.54) is 14.2 Å². The van der Waals surface area contributed by atoms with Gasteiger partial charge < -0.3 is 14.2 Å². The molecule has 0 aromatic heterocycles. The molecule has 2 aromatic rings. The topological polar surface area (TPSA) is 44.8 Å². The Bertz CT molecular complexity index is 645. The van der Waals surface area contributed by atoms with Crippen molar-refractivity contribution in [2.75, 3.05) is 14.2 Å². The van der Waals surface area contributed by atoms with Crippen LogP contribution in [0.25, 0.3) is 0 Å². The van der Waals surface area contributed by atoms with Gasteiger partial charge in [0.05, 0.1) is 19.8 Å². The van der Waals surface area contributed by atoms with E-state index in [1.807, 2.05) is 6.92 Å². The van der Waals surface area contributed by atoms with E-state index in [0.717, 1.165) is 5.56 Å². The van der Waals surface area contributed by atoms with Crippen molar-refractivity contribution in [1.82, 2.24) is 0 Å². The lowest BCUT2D eigenvalue weighted by molar-refractivity contribution is 0.0734. The van der Waals surface area contributed by atoms with Crippen LogP contribution in [-0.4, -0.2) is 20.2 Å². The first-order valence-corrected chi connectivity index (χ1v) is 6.62. The van der Waals surface area contributed by atoms with E-state index in [-0.39, 0.29) is 0 Å². The molecule has 0 heterocycles. The van der Waals surface area contributed by atoms with Gasteiger partial charge in [-0.2, -0.15) is 0 Å². The minimum absolute atomic E-state index is 0.346. The van der Waals surface area contributed by atoms with Gasteiger partial charge in [0.2, 0.25) is 0 Å². The van der Waals surface area contributed by atoms with Crippen LogP contribution in [0, 0.1) is 6.92 Å². The van der Waals surface area contributed by atoms with Crippen LogP contribution in [0.2, 0.25) is 5.02 Å². The Morgan fingerprint density at radius 3 is 2.10 bits per heavy atom. The van der Waals surface area contributed by atoms with Crippen LogP contribution in [0.5, 0.6) is 17.2 Å². The first-order chi connectivity index (χ1) is 10.0. The number of carbonyl (C=O) groups is 1. The Labute approximate surface area is 128 Å². The maximum atomic E-state index is 12.2. The fraction of sp³-hybridized carbons (Fsp3) is 0.188. The molecule has 0 aliphatic carbocycles. The summed E-state index contributed by atoms with van der Waals surface area (Å²) >= 11 is 5.94. The van der Waals surface area contributed by atoms with Crippen molar-refractivity contribution in [2.24, 2.45) is 0 Å². The fourth-order valence-corrected chi connectivity index (χ4v) is 1.89. The molecule has 0 radical (unpaired) electrons. The summed E-state index contributed by atoms with van der Waals surface area (Å²) < 4.78 is 15.6. The highest BCUT2D eigenvalue weighted by molar-refractivity contribution is 6.31. The second-order valence-corrected chi connectivity index (χ2v) is 4.81. The number of benzene rings is 2. The van der Waals surface area contributed by atoms with Gasteiger partial charge in [0.1, 0.15) is 17.2 Å². The maximum absolute atomic E-state index is 12.2. The molecule has 0 saturated heterocycles. The zero-order chi connectivity index (χ0) is 15.4. The van der Waals surface area contributed by atoms with Crippen LogP contribution < -0.4 is 14.2 Å². The molecule has 0 bridgehead atoms. The van der Waals surface area contributed by atoms with E-state index in [4.69, 9.17) is 25.8 Å². The van der Waals surface area contributed by atoms with Crippen molar-refractivity contribution >= 4 is 17.6 Å². The Morgan fingerprint density at radius 1 is 0.952 bits per heavy atom. The number of methoxy groups -OCH3 is 2. The van der Waals surface area contributed by atoms with Gasteiger partial charge in [-0.1, -0.05) is 11.6 Å². The minimum Gasteiger partial charge on any atom is -0.497 e. The number of rotatable bonds is 4. The molecule has 0 spiro atoms. The molecule has 4 nitrogen and oxygen atoms in total. The van der Waals surface area contributed by atoms with Crippen LogP contribution in [0.1, 0.15) is 15.9 Å². The number of ether oxygens (including phenoxy) is 3. The van der Waals surface area contributed by atoms with Gasteiger partial charge in [-0.15, -0.1) is 0 Å². The summed E-state index contributed by atoms with van der Waals surface area (Å²) in [7, 11) is 3.04. The zero-order valence-corrected chi connectivity index (χ0v) is 12.7. The molecule has 21 heavy (non-hydrogen) atoms. The third-order valence-corrected chi connectivity index (χ3v) is 3.35. The molecule has 0 saturated carbocycles. The molecule has 0 N–H and O–H groups in total. The molecule has 110 valence electrons. The number of hydrogen-bond acceptors (Lipinski definition) is 4. The monoisotopic (exact) mass is 306 g/mol. The quantitative estimate of drug-likeness (QED) is 0.635. The number of carbonyl (C=O) groups excluding carboxylic acids is 1. The summed E-state index contributed by atoms with van der Waals surface area (Å²) in [5, 5.41) is 0.623. The third kappa shape index (κ3) is 3.67. The van der Waals surface area contributed by atoms with Crippen LogP contribution in [0.15, 0.2) is 36.4 Å². The first-order valence-electron chi connectivity index (χ1n) is 6.25. The Morgan fingerprint density at radius 2 is 1.57 bits per heavy atom. The van der Waals surface area contributed by atoms with Crippen LogP contribution in [0.3, 0.4) is 0 Å². The summed E-state index contributed by atoms with van der Waals surface area (Å²) in [4.78, 5) is 12.2. The van der Waals surface area contributed by atoms with Gasteiger partial charge >= 0.3 is 5.97 Å². The minimum atomic E-state index is -0.492. The van der Waals surface area contributed by atoms with Crippen molar-refractivity contribution in [1.29, 1.82) is 0 Å². The number of hydrogen-bond donors (Lipinski definition) is 0. The van der Waals surface area contributed by atoms with Crippen LogP contribution in [0.4, 0.5) is 0 Å². The zero-order valence-electron chi connectivity index (χ0n) is 12.0.